The van der Waals surface area contributed by atoms with Crippen molar-refractivity contribution < 1.29 is 9.53 Å². The van der Waals surface area contributed by atoms with Gasteiger partial charge in [0.1, 0.15) is 6.10 Å². The van der Waals surface area contributed by atoms with Crippen LogP contribution in [0.3, 0.4) is 0 Å². The quantitative estimate of drug-likeness (QED) is 0.700. The molecular weight excluding hydrogens is 180 g/mol. The van der Waals surface area contributed by atoms with E-state index in [1.54, 1.807) is 0 Å². The molecule has 1 aliphatic heterocycles. The molecule has 82 valence electrons. The second-order valence-electron chi connectivity index (χ2n) is 4.60. The van der Waals surface area contributed by atoms with Gasteiger partial charge in [-0.2, -0.15) is 0 Å². The first kappa shape index (κ1) is 11.5. The summed E-state index contributed by atoms with van der Waals surface area (Å²) in [6.07, 6.45) is 0.291. The molecule has 1 heterocycles. The Kier molecular flexibility index (Phi) is 3.50. The molecule has 4 heteroatoms. The lowest BCUT2D eigenvalue weighted by Gasteiger charge is -2.41. The van der Waals surface area contributed by atoms with Crippen LogP contribution < -0.4 is 5.73 Å². The van der Waals surface area contributed by atoms with E-state index < -0.39 is 0 Å². The molecule has 1 atom stereocenters. The fourth-order valence-corrected chi connectivity index (χ4v) is 1.67. The Balaban J connectivity index is 2.66. The van der Waals surface area contributed by atoms with Gasteiger partial charge in [0.2, 0.25) is 0 Å². The summed E-state index contributed by atoms with van der Waals surface area (Å²) in [6, 6.07) is 0. The van der Waals surface area contributed by atoms with Crippen LogP contribution in [-0.2, 0) is 9.53 Å². The minimum Gasteiger partial charge on any atom is -0.366 e. The van der Waals surface area contributed by atoms with E-state index in [1.165, 1.54) is 0 Å². The first-order chi connectivity index (χ1) is 6.46. The molecule has 0 radical (unpaired) electrons. The second kappa shape index (κ2) is 4.28. The van der Waals surface area contributed by atoms with Gasteiger partial charge in [-0.05, 0) is 33.7 Å². The topological polar surface area (TPSA) is 55.6 Å². The zero-order chi connectivity index (χ0) is 10.8. The predicted octanol–water partition coefficient (Wildman–Crippen LogP) is 0.361. The largest absolute Gasteiger partial charge is 0.366 e. The van der Waals surface area contributed by atoms with E-state index in [0.717, 1.165) is 0 Å². The average molecular weight is 200 g/mol. The molecule has 1 rings (SSSR count). The first-order valence-corrected chi connectivity index (χ1v) is 5.10. The first-order valence-electron chi connectivity index (χ1n) is 5.10. The highest BCUT2D eigenvalue weighted by molar-refractivity contribution is 5.82. The summed E-state index contributed by atoms with van der Waals surface area (Å²) in [6.45, 7) is 7.91. The van der Waals surface area contributed by atoms with Crippen molar-refractivity contribution in [3.05, 3.63) is 0 Å². The number of hydrogen-bond donors (Lipinski definition) is 1. The maximum atomic E-state index is 11.9. The molecular formula is C10H20N2O2. The molecule has 0 aromatic heterocycles. The fourth-order valence-electron chi connectivity index (χ4n) is 1.67. The highest BCUT2D eigenvalue weighted by atomic mass is 16.5. The van der Waals surface area contributed by atoms with Crippen molar-refractivity contribution in [3.63, 3.8) is 0 Å². The molecule has 0 spiro atoms. The minimum absolute atomic E-state index is 0.0780. The van der Waals surface area contributed by atoms with Crippen molar-refractivity contribution in [3.8, 4) is 0 Å². The van der Waals surface area contributed by atoms with Crippen molar-refractivity contribution in [1.29, 1.82) is 0 Å². The van der Waals surface area contributed by atoms with Crippen LogP contribution in [0.4, 0.5) is 0 Å². The van der Waals surface area contributed by atoms with Crippen molar-refractivity contribution in [2.24, 2.45) is 5.73 Å². The highest BCUT2D eigenvalue weighted by Crippen LogP contribution is 2.19. The van der Waals surface area contributed by atoms with E-state index in [2.05, 4.69) is 0 Å². The number of amides is 1. The van der Waals surface area contributed by atoms with Gasteiger partial charge in [0.05, 0.1) is 6.61 Å². The summed E-state index contributed by atoms with van der Waals surface area (Å²) >= 11 is 0. The van der Waals surface area contributed by atoms with Gasteiger partial charge >= 0.3 is 0 Å². The van der Waals surface area contributed by atoms with Gasteiger partial charge in [0.15, 0.2) is 0 Å². The molecule has 0 saturated carbocycles. The van der Waals surface area contributed by atoms with Crippen LogP contribution >= 0.6 is 0 Å². The molecule has 0 bridgehead atoms. The summed E-state index contributed by atoms with van der Waals surface area (Å²) in [5.41, 5.74) is 5.31. The zero-order valence-electron chi connectivity index (χ0n) is 9.25. The molecule has 1 saturated heterocycles. The highest BCUT2D eigenvalue weighted by Gasteiger charge is 2.34. The van der Waals surface area contributed by atoms with Crippen molar-refractivity contribution >= 4 is 5.91 Å². The molecule has 14 heavy (non-hydrogen) atoms. The number of morpholine rings is 1. The van der Waals surface area contributed by atoms with Crippen LogP contribution in [-0.4, -0.2) is 42.1 Å². The lowest BCUT2D eigenvalue weighted by atomic mass is 10.0. The van der Waals surface area contributed by atoms with Crippen LogP contribution in [0.25, 0.3) is 0 Å². The van der Waals surface area contributed by atoms with Gasteiger partial charge in [-0.15, -0.1) is 0 Å². The zero-order valence-corrected chi connectivity index (χ0v) is 9.25. The molecule has 4 nitrogen and oxygen atoms in total. The van der Waals surface area contributed by atoms with Gasteiger partial charge in [0.25, 0.3) is 5.91 Å². The van der Waals surface area contributed by atoms with Gasteiger partial charge < -0.3 is 15.4 Å². The number of nitrogens with zero attached hydrogens (tertiary/aromatic N) is 1. The Morgan fingerprint density at radius 2 is 2.21 bits per heavy atom. The van der Waals surface area contributed by atoms with Gasteiger partial charge in [-0.3, -0.25) is 4.79 Å². The normalized spacial score (nSPS) is 24.1. The molecule has 1 aliphatic rings. The van der Waals surface area contributed by atoms with E-state index in [-0.39, 0.29) is 17.6 Å². The molecule has 0 aliphatic carbocycles. The second-order valence-corrected chi connectivity index (χ2v) is 4.60. The SMILES string of the molecule is CC(C)(C)N1CCOC(CCN)C1=O. The van der Waals surface area contributed by atoms with Crippen LogP contribution in [0, 0.1) is 0 Å². The Morgan fingerprint density at radius 3 is 2.71 bits per heavy atom. The van der Waals surface area contributed by atoms with E-state index in [0.29, 0.717) is 26.1 Å². The van der Waals surface area contributed by atoms with Crippen LogP contribution in [0.15, 0.2) is 0 Å². The van der Waals surface area contributed by atoms with Gasteiger partial charge in [0, 0.05) is 12.1 Å². The Morgan fingerprint density at radius 1 is 1.57 bits per heavy atom. The van der Waals surface area contributed by atoms with Gasteiger partial charge in [-0.1, -0.05) is 0 Å². The lowest BCUT2D eigenvalue weighted by Crippen LogP contribution is -2.55. The fraction of sp³-hybridized carbons (Fsp3) is 0.900. The summed E-state index contributed by atoms with van der Waals surface area (Å²) in [4.78, 5) is 13.8. The third kappa shape index (κ3) is 2.45. The molecule has 2 N–H and O–H groups in total. The maximum absolute atomic E-state index is 11.9. The van der Waals surface area contributed by atoms with Gasteiger partial charge in [-0.25, -0.2) is 0 Å². The maximum Gasteiger partial charge on any atom is 0.252 e. The average Bonchev–Trinajstić information content (AvgIpc) is 2.07. The number of rotatable bonds is 2. The standard InChI is InChI=1S/C10H20N2O2/c1-10(2,3)12-6-7-14-8(4-5-11)9(12)13/h8H,4-7,11H2,1-3H3. The van der Waals surface area contributed by atoms with E-state index in [9.17, 15) is 4.79 Å². The Hall–Kier alpha value is -0.610. The van der Waals surface area contributed by atoms with E-state index in [1.807, 2.05) is 25.7 Å². The Bertz CT molecular complexity index is 209. The predicted molar refractivity (Wildman–Crippen MR) is 54.9 cm³/mol. The molecule has 1 unspecified atom stereocenters. The summed E-state index contributed by atoms with van der Waals surface area (Å²) in [5, 5.41) is 0. The smallest absolute Gasteiger partial charge is 0.252 e. The number of nitrogens with two attached hydrogens (primary N) is 1. The third-order valence-corrected chi connectivity index (χ3v) is 2.41. The van der Waals surface area contributed by atoms with Crippen LogP contribution in [0.2, 0.25) is 0 Å². The number of ether oxygens (including phenoxy) is 1. The molecule has 1 fully saturated rings. The van der Waals surface area contributed by atoms with E-state index >= 15 is 0 Å². The Labute approximate surface area is 85.4 Å². The monoisotopic (exact) mass is 200 g/mol. The summed E-state index contributed by atoms with van der Waals surface area (Å²) in [5.74, 6) is 0.0780. The minimum atomic E-state index is -0.326. The number of hydrogen-bond acceptors (Lipinski definition) is 3. The molecule has 1 amide bonds. The molecule has 0 aromatic carbocycles. The lowest BCUT2D eigenvalue weighted by molar-refractivity contribution is -0.159. The number of carbonyl (C=O) groups excluding carboxylic acids is 1. The van der Waals surface area contributed by atoms with Crippen LogP contribution in [0.5, 0.6) is 0 Å². The van der Waals surface area contributed by atoms with Crippen molar-refractivity contribution in [1.82, 2.24) is 4.90 Å². The summed E-state index contributed by atoms with van der Waals surface area (Å²) < 4.78 is 5.38. The van der Waals surface area contributed by atoms with Crippen LogP contribution in [0.1, 0.15) is 27.2 Å². The van der Waals surface area contributed by atoms with E-state index in [4.69, 9.17) is 10.5 Å². The molecule has 0 aromatic rings. The van der Waals surface area contributed by atoms with Crippen molar-refractivity contribution in [2.75, 3.05) is 19.7 Å². The van der Waals surface area contributed by atoms with Crippen molar-refractivity contribution in [2.45, 2.75) is 38.8 Å². The third-order valence-electron chi connectivity index (χ3n) is 2.41. The number of carbonyl (C=O) groups is 1. The summed E-state index contributed by atoms with van der Waals surface area (Å²) in [7, 11) is 0.